The van der Waals surface area contributed by atoms with E-state index in [2.05, 4.69) is 4.74 Å². The van der Waals surface area contributed by atoms with Gasteiger partial charge in [-0.05, 0) is 12.8 Å². The Morgan fingerprint density at radius 3 is 2.33 bits per heavy atom. The monoisotopic (exact) mass is 182 g/mol. The molecule has 2 nitrogen and oxygen atoms in total. The van der Waals surface area contributed by atoms with Crippen molar-refractivity contribution in [2.75, 3.05) is 6.61 Å². The highest BCUT2D eigenvalue weighted by Crippen LogP contribution is 2.30. The van der Waals surface area contributed by atoms with Gasteiger partial charge in [-0.3, -0.25) is 0 Å². The number of rotatable bonds is 1. The van der Waals surface area contributed by atoms with E-state index in [1.165, 1.54) is 0 Å². The molecule has 0 aromatic heterocycles. The van der Waals surface area contributed by atoms with Crippen LogP contribution >= 0.6 is 0 Å². The maximum Gasteiger partial charge on any atom is 0.414 e. The topological polar surface area (TPSA) is 26.3 Å². The van der Waals surface area contributed by atoms with Crippen LogP contribution < -0.4 is 0 Å². The average Bonchev–Trinajstić information content (AvgIpc) is 2.03. The van der Waals surface area contributed by atoms with Gasteiger partial charge in [0.05, 0.1) is 6.61 Å². The van der Waals surface area contributed by atoms with Gasteiger partial charge in [0.1, 0.15) is 6.29 Å². The minimum absolute atomic E-state index is 0.103. The second-order valence-corrected chi connectivity index (χ2v) is 2.84. The first kappa shape index (κ1) is 9.51. The summed E-state index contributed by atoms with van der Waals surface area (Å²) in [6, 6.07) is 0. The van der Waals surface area contributed by atoms with Gasteiger partial charge in [-0.15, -0.1) is 0 Å². The molecular weight excluding hydrogens is 173 g/mol. The Hall–Kier alpha value is -0.580. The molecule has 0 aromatic rings. The lowest BCUT2D eigenvalue weighted by atomic mass is 10.00. The second-order valence-electron chi connectivity index (χ2n) is 2.84. The van der Waals surface area contributed by atoms with Gasteiger partial charge in [0.2, 0.25) is 0 Å². The molecule has 1 heterocycles. The summed E-state index contributed by atoms with van der Waals surface area (Å²) in [4.78, 5) is 10.2. The van der Waals surface area contributed by atoms with Crippen LogP contribution in [0.2, 0.25) is 0 Å². The Morgan fingerprint density at radius 1 is 1.33 bits per heavy atom. The molecule has 1 fully saturated rings. The molecule has 1 aliphatic rings. The normalized spacial score (nSPS) is 31.6. The molecular formula is C7H9F3O2. The van der Waals surface area contributed by atoms with E-state index in [1.807, 2.05) is 0 Å². The zero-order chi connectivity index (χ0) is 9.19. The van der Waals surface area contributed by atoms with E-state index in [-0.39, 0.29) is 25.4 Å². The van der Waals surface area contributed by atoms with Crippen molar-refractivity contribution in [3.63, 3.8) is 0 Å². The predicted octanol–water partition coefficient (Wildman–Crippen LogP) is 1.54. The molecule has 1 aliphatic heterocycles. The van der Waals surface area contributed by atoms with Crippen molar-refractivity contribution in [3.8, 4) is 0 Å². The Bertz CT molecular complexity index is 159. The third-order valence-corrected chi connectivity index (χ3v) is 1.87. The third-order valence-electron chi connectivity index (χ3n) is 1.87. The van der Waals surface area contributed by atoms with Crippen LogP contribution in [0.4, 0.5) is 13.2 Å². The number of halogens is 3. The number of carbonyl (C=O) groups is 1. The standard InChI is InChI=1S/C7H9F3O2/c8-7(9,10)6-2-1-5(3-11)4-12-6/h3,5-6H,1-2,4H2/t5-,6-/m0/s1. The molecule has 0 aliphatic carbocycles. The van der Waals surface area contributed by atoms with Gasteiger partial charge >= 0.3 is 6.18 Å². The highest BCUT2D eigenvalue weighted by molar-refractivity contribution is 5.53. The summed E-state index contributed by atoms with van der Waals surface area (Å²) in [5, 5.41) is 0. The Kier molecular flexibility index (Phi) is 2.72. The molecule has 0 amide bonds. The van der Waals surface area contributed by atoms with Gasteiger partial charge in [0.15, 0.2) is 6.10 Å². The zero-order valence-electron chi connectivity index (χ0n) is 6.30. The van der Waals surface area contributed by atoms with E-state index in [1.54, 1.807) is 0 Å². The summed E-state index contributed by atoms with van der Waals surface area (Å²) in [5.41, 5.74) is 0. The van der Waals surface area contributed by atoms with Crippen molar-refractivity contribution in [1.29, 1.82) is 0 Å². The summed E-state index contributed by atoms with van der Waals surface area (Å²) in [6.07, 6.45) is -5.14. The zero-order valence-corrected chi connectivity index (χ0v) is 6.30. The fourth-order valence-electron chi connectivity index (χ4n) is 1.14. The Labute approximate surface area is 67.7 Å². The number of carbonyl (C=O) groups excluding carboxylic acids is 1. The maximum absolute atomic E-state index is 12.0. The van der Waals surface area contributed by atoms with Crippen LogP contribution in [-0.2, 0) is 9.53 Å². The SMILES string of the molecule is O=C[C@@H]1CC[C@@H](C(F)(F)F)OC1. The second kappa shape index (κ2) is 3.43. The highest BCUT2D eigenvalue weighted by atomic mass is 19.4. The van der Waals surface area contributed by atoms with Gasteiger partial charge < -0.3 is 9.53 Å². The number of aldehydes is 1. The molecule has 0 saturated carbocycles. The smallest absolute Gasteiger partial charge is 0.368 e. The molecule has 0 spiro atoms. The lowest BCUT2D eigenvalue weighted by Gasteiger charge is -2.27. The van der Waals surface area contributed by atoms with Crippen LogP contribution in [0.5, 0.6) is 0 Å². The molecule has 5 heteroatoms. The minimum Gasteiger partial charge on any atom is -0.368 e. The number of hydrogen-bond acceptors (Lipinski definition) is 2. The summed E-state index contributed by atoms with van der Waals surface area (Å²) < 4.78 is 40.4. The fraction of sp³-hybridized carbons (Fsp3) is 0.857. The van der Waals surface area contributed by atoms with Crippen LogP contribution in [0, 0.1) is 5.92 Å². The maximum atomic E-state index is 12.0. The first-order valence-corrected chi connectivity index (χ1v) is 3.67. The lowest BCUT2D eigenvalue weighted by molar-refractivity contribution is -0.234. The highest BCUT2D eigenvalue weighted by Gasteiger charge is 2.42. The van der Waals surface area contributed by atoms with Gasteiger partial charge in [0.25, 0.3) is 0 Å². The average molecular weight is 182 g/mol. The summed E-state index contributed by atoms with van der Waals surface area (Å²) in [7, 11) is 0. The number of alkyl halides is 3. The summed E-state index contributed by atoms with van der Waals surface area (Å²) in [5.74, 6) is -0.358. The number of hydrogen-bond donors (Lipinski definition) is 0. The lowest BCUT2D eigenvalue weighted by Crippen LogP contribution is -2.37. The van der Waals surface area contributed by atoms with Crippen molar-refractivity contribution in [2.45, 2.75) is 25.1 Å². The first-order valence-electron chi connectivity index (χ1n) is 3.67. The molecule has 1 rings (SSSR count). The van der Waals surface area contributed by atoms with Crippen LogP contribution in [0.15, 0.2) is 0 Å². The van der Waals surface area contributed by atoms with Crippen molar-refractivity contribution >= 4 is 6.29 Å². The molecule has 12 heavy (non-hydrogen) atoms. The molecule has 0 N–H and O–H groups in total. The van der Waals surface area contributed by atoms with Crippen LogP contribution in [0.3, 0.4) is 0 Å². The predicted molar refractivity (Wildman–Crippen MR) is 34.6 cm³/mol. The van der Waals surface area contributed by atoms with Gasteiger partial charge in [-0.25, -0.2) is 0 Å². The Morgan fingerprint density at radius 2 is 2.00 bits per heavy atom. The van der Waals surface area contributed by atoms with E-state index >= 15 is 0 Å². The van der Waals surface area contributed by atoms with Crippen molar-refractivity contribution < 1.29 is 22.7 Å². The first-order chi connectivity index (χ1) is 5.54. The summed E-state index contributed by atoms with van der Waals surface area (Å²) in [6.45, 7) is -0.103. The van der Waals surface area contributed by atoms with Crippen LogP contribution in [0.1, 0.15) is 12.8 Å². The molecule has 2 atom stereocenters. The van der Waals surface area contributed by atoms with E-state index in [0.29, 0.717) is 6.29 Å². The van der Waals surface area contributed by atoms with Crippen LogP contribution in [0.25, 0.3) is 0 Å². The van der Waals surface area contributed by atoms with E-state index in [0.717, 1.165) is 0 Å². The molecule has 1 saturated heterocycles. The van der Waals surface area contributed by atoms with Crippen LogP contribution in [-0.4, -0.2) is 25.2 Å². The molecule has 0 bridgehead atoms. The van der Waals surface area contributed by atoms with Gasteiger partial charge in [0, 0.05) is 5.92 Å². The Balaban J connectivity index is 2.41. The summed E-state index contributed by atoms with van der Waals surface area (Å²) >= 11 is 0. The molecule has 0 radical (unpaired) electrons. The van der Waals surface area contributed by atoms with E-state index < -0.39 is 12.3 Å². The van der Waals surface area contributed by atoms with Gasteiger partial charge in [-0.1, -0.05) is 0 Å². The number of ether oxygens (including phenoxy) is 1. The molecule has 0 aromatic carbocycles. The van der Waals surface area contributed by atoms with Crippen molar-refractivity contribution in [2.24, 2.45) is 5.92 Å². The largest absolute Gasteiger partial charge is 0.414 e. The van der Waals surface area contributed by atoms with E-state index in [4.69, 9.17) is 0 Å². The molecule has 0 unspecified atom stereocenters. The third kappa shape index (κ3) is 2.20. The molecule has 70 valence electrons. The van der Waals surface area contributed by atoms with E-state index in [9.17, 15) is 18.0 Å². The van der Waals surface area contributed by atoms with Gasteiger partial charge in [-0.2, -0.15) is 13.2 Å². The van der Waals surface area contributed by atoms with Crippen molar-refractivity contribution in [3.05, 3.63) is 0 Å². The fourth-order valence-corrected chi connectivity index (χ4v) is 1.14. The quantitative estimate of drug-likeness (QED) is 0.575. The minimum atomic E-state index is -4.28. The van der Waals surface area contributed by atoms with Crippen molar-refractivity contribution in [1.82, 2.24) is 0 Å².